The van der Waals surface area contributed by atoms with Gasteiger partial charge in [0.15, 0.2) is 13.8 Å². The summed E-state index contributed by atoms with van der Waals surface area (Å²) in [6.07, 6.45) is 0. The topological polar surface area (TPSA) is 31.4 Å². The molecule has 1 heterocycles. The average molecular weight is 308 g/mol. The van der Waals surface area contributed by atoms with Crippen LogP contribution in [0.5, 0.6) is 5.75 Å². The summed E-state index contributed by atoms with van der Waals surface area (Å²) < 4.78 is 12.9. The fraction of sp³-hybridized carbons (Fsp3) is 0.533. The smallest absolute Gasteiger partial charge is 0.187 e. The van der Waals surface area contributed by atoms with Crippen molar-refractivity contribution in [3.63, 3.8) is 0 Å². The molecule has 0 bridgehead atoms. The zero-order valence-electron chi connectivity index (χ0n) is 12.6. The Morgan fingerprint density at radius 3 is 2.85 bits per heavy atom. The molecule has 0 atom stereocenters. The molecule has 0 saturated heterocycles. The van der Waals surface area contributed by atoms with Crippen LogP contribution in [0.1, 0.15) is 13.8 Å². The van der Waals surface area contributed by atoms with Gasteiger partial charge >= 0.3 is 0 Å². The fourth-order valence-corrected chi connectivity index (χ4v) is 5.75. The zero-order valence-corrected chi connectivity index (χ0v) is 14.4. The van der Waals surface area contributed by atoms with Crippen LogP contribution in [0.15, 0.2) is 18.2 Å². The van der Waals surface area contributed by atoms with Crippen LogP contribution in [0.4, 0.5) is 0 Å². The maximum atomic E-state index is 6.03. The zero-order chi connectivity index (χ0) is 14.6. The molecule has 0 aliphatic heterocycles. The Morgan fingerprint density at radius 1 is 1.30 bits per heavy atom. The number of fused-ring (bicyclic) bond motifs is 1. The number of benzene rings is 1. The van der Waals surface area contributed by atoms with E-state index in [4.69, 9.17) is 9.16 Å². The van der Waals surface area contributed by atoms with Crippen LogP contribution in [0.2, 0.25) is 19.1 Å². The maximum Gasteiger partial charge on any atom is 0.187 e. The molecule has 0 saturated carbocycles. The number of hydrogen-bond acceptors (Lipinski definition) is 4. The molecule has 0 unspecified atom stereocenters. The van der Waals surface area contributed by atoms with Crippen LogP contribution in [0.3, 0.4) is 0 Å². The van der Waals surface area contributed by atoms with E-state index in [0.29, 0.717) is 19.1 Å². The summed E-state index contributed by atoms with van der Waals surface area (Å²) in [6.45, 7) is 10.3. The van der Waals surface area contributed by atoms with E-state index in [2.05, 4.69) is 37.4 Å². The minimum Gasteiger partial charge on any atom is -0.491 e. The molecular formula is C15H22NO2SSi. The fourth-order valence-electron chi connectivity index (χ4n) is 2.40. The highest BCUT2D eigenvalue weighted by atomic mass is 32.1. The summed E-state index contributed by atoms with van der Waals surface area (Å²) in [5.74, 6) is 1.57. The van der Waals surface area contributed by atoms with Gasteiger partial charge in [-0.2, -0.15) is 0 Å². The first-order valence-electron chi connectivity index (χ1n) is 7.00. The second kappa shape index (κ2) is 6.69. The van der Waals surface area contributed by atoms with Gasteiger partial charge in [-0.05, 0) is 43.3 Å². The summed E-state index contributed by atoms with van der Waals surface area (Å²) in [6, 6.07) is 7.12. The van der Waals surface area contributed by atoms with Crippen molar-refractivity contribution in [2.75, 3.05) is 13.2 Å². The number of thiazole rings is 1. The Labute approximate surface area is 126 Å². The van der Waals surface area contributed by atoms with Gasteiger partial charge in [0.25, 0.3) is 0 Å². The van der Waals surface area contributed by atoms with E-state index >= 15 is 0 Å². The highest BCUT2D eigenvalue weighted by molar-refractivity contribution is 7.16. The molecule has 1 aromatic carbocycles. The van der Waals surface area contributed by atoms with E-state index in [1.165, 1.54) is 17.4 Å². The minimum atomic E-state index is -1.53. The Morgan fingerprint density at radius 2 is 2.10 bits per heavy atom. The van der Waals surface area contributed by atoms with Crippen molar-refractivity contribution in [3.05, 3.63) is 23.7 Å². The molecule has 1 radical (unpaired) electrons. The van der Waals surface area contributed by atoms with Gasteiger partial charge in [-0.3, -0.25) is 0 Å². The minimum absolute atomic E-state index is 0.600. The number of ether oxygens (including phenoxy) is 1. The molecule has 0 amide bonds. The standard InChI is InChI=1S/C15H22NO2SSi/c1-12(2)10-20(3,4)18-8-7-17-13-5-6-14-15(9-13)19-11-16-14/h5-6,9,12H,7-8,10H2,1-4H3. The lowest BCUT2D eigenvalue weighted by molar-refractivity contribution is 0.209. The SMILES string of the molecule is CC(C)C[Si](C)(C)OCCOc1ccc2n[c]sc2c1. The predicted molar refractivity (Wildman–Crippen MR) is 87.0 cm³/mol. The molecule has 0 aliphatic rings. The van der Waals surface area contributed by atoms with Gasteiger partial charge in [-0.25, -0.2) is 4.98 Å². The molecule has 1 aromatic heterocycles. The van der Waals surface area contributed by atoms with Gasteiger partial charge in [0.2, 0.25) is 0 Å². The van der Waals surface area contributed by atoms with E-state index < -0.39 is 8.32 Å². The van der Waals surface area contributed by atoms with Gasteiger partial charge < -0.3 is 9.16 Å². The summed E-state index contributed by atoms with van der Waals surface area (Å²) in [5.41, 5.74) is 3.86. The van der Waals surface area contributed by atoms with Crippen molar-refractivity contribution >= 4 is 29.9 Å². The van der Waals surface area contributed by atoms with E-state index in [9.17, 15) is 0 Å². The van der Waals surface area contributed by atoms with Crippen LogP contribution in [0, 0.1) is 11.4 Å². The number of aromatic nitrogens is 1. The van der Waals surface area contributed by atoms with Crippen molar-refractivity contribution < 1.29 is 9.16 Å². The lowest BCUT2D eigenvalue weighted by atomic mass is 10.3. The number of nitrogens with zero attached hydrogens (tertiary/aromatic N) is 1. The molecule has 2 aromatic rings. The molecule has 5 heteroatoms. The quantitative estimate of drug-likeness (QED) is 0.563. The predicted octanol–water partition coefficient (Wildman–Crippen LogP) is 4.35. The average Bonchev–Trinajstić information content (AvgIpc) is 2.80. The Balaban J connectivity index is 1.78. The molecule has 3 nitrogen and oxygen atoms in total. The van der Waals surface area contributed by atoms with E-state index in [1.54, 1.807) is 0 Å². The molecule has 109 valence electrons. The molecule has 20 heavy (non-hydrogen) atoms. The second-order valence-corrected chi connectivity index (χ2v) is 11.0. The Hall–Kier alpha value is -0.913. The van der Waals surface area contributed by atoms with E-state index in [0.717, 1.165) is 16.0 Å². The van der Waals surface area contributed by atoms with Gasteiger partial charge in [-0.15, -0.1) is 11.3 Å². The summed E-state index contributed by atoms with van der Waals surface area (Å²) in [4.78, 5) is 4.13. The Bertz CT molecular complexity index is 554. The largest absolute Gasteiger partial charge is 0.491 e. The molecule has 0 N–H and O–H groups in total. The van der Waals surface area contributed by atoms with Crippen LogP contribution in [0.25, 0.3) is 10.2 Å². The lowest BCUT2D eigenvalue weighted by Gasteiger charge is -2.24. The maximum absolute atomic E-state index is 6.03. The van der Waals surface area contributed by atoms with Crippen molar-refractivity contribution in [2.24, 2.45) is 5.92 Å². The van der Waals surface area contributed by atoms with E-state index in [-0.39, 0.29) is 0 Å². The molecular weight excluding hydrogens is 286 g/mol. The van der Waals surface area contributed by atoms with Gasteiger partial charge in [0.05, 0.1) is 16.8 Å². The van der Waals surface area contributed by atoms with Crippen LogP contribution < -0.4 is 4.74 Å². The molecule has 0 spiro atoms. The van der Waals surface area contributed by atoms with Crippen LogP contribution >= 0.6 is 11.3 Å². The first-order valence-corrected chi connectivity index (χ1v) is 10.9. The van der Waals surface area contributed by atoms with Crippen LogP contribution in [-0.2, 0) is 4.43 Å². The summed E-state index contributed by atoms with van der Waals surface area (Å²) >= 11 is 1.51. The van der Waals surface area contributed by atoms with Gasteiger partial charge in [0, 0.05) is 0 Å². The van der Waals surface area contributed by atoms with Crippen molar-refractivity contribution in [3.8, 4) is 5.75 Å². The van der Waals surface area contributed by atoms with Crippen LogP contribution in [-0.4, -0.2) is 26.5 Å². The summed E-state index contributed by atoms with van der Waals surface area (Å²) in [5, 5.41) is 0. The third-order valence-corrected chi connectivity index (χ3v) is 6.51. The lowest BCUT2D eigenvalue weighted by Crippen LogP contribution is -2.33. The second-order valence-electron chi connectivity index (χ2n) is 5.99. The van der Waals surface area contributed by atoms with Gasteiger partial charge in [-0.1, -0.05) is 13.8 Å². The first-order chi connectivity index (χ1) is 9.46. The highest BCUT2D eigenvalue weighted by Gasteiger charge is 2.23. The number of rotatable bonds is 7. The molecule has 2 rings (SSSR count). The molecule has 0 aliphatic carbocycles. The van der Waals surface area contributed by atoms with E-state index in [1.807, 2.05) is 18.2 Å². The monoisotopic (exact) mass is 308 g/mol. The number of hydrogen-bond donors (Lipinski definition) is 0. The Kier molecular flexibility index (Phi) is 5.18. The van der Waals surface area contributed by atoms with Gasteiger partial charge in [0.1, 0.15) is 12.4 Å². The van der Waals surface area contributed by atoms with Crippen molar-refractivity contribution in [1.29, 1.82) is 0 Å². The normalized spacial score (nSPS) is 12.2. The van der Waals surface area contributed by atoms with Crippen molar-refractivity contribution in [1.82, 2.24) is 4.98 Å². The third kappa shape index (κ3) is 4.58. The first kappa shape index (κ1) is 15.5. The highest BCUT2D eigenvalue weighted by Crippen LogP contribution is 2.23. The van der Waals surface area contributed by atoms with Crippen molar-refractivity contribution in [2.45, 2.75) is 33.0 Å². The summed E-state index contributed by atoms with van der Waals surface area (Å²) in [7, 11) is -1.53. The molecule has 0 fully saturated rings. The third-order valence-electron chi connectivity index (χ3n) is 3.00.